The van der Waals surface area contributed by atoms with Crippen LogP contribution in [-0.4, -0.2) is 53.0 Å². The molecule has 0 bridgehead atoms. The average Bonchev–Trinajstić information content (AvgIpc) is 2.86. The zero-order valence-electron chi connectivity index (χ0n) is 19.8. The highest BCUT2D eigenvalue weighted by molar-refractivity contribution is 6.31. The first-order valence-electron chi connectivity index (χ1n) is 11.9. The van der Waals surface area contributed by atoms with E-state index in [2.05, 4.69) is 27.2 Å². The van der Waals surface area contributed by atoms with Crippen molar-refractivity contribution in [3.63, 3.8) is 0 Å². The van der Waals surface area contributed by atoms with Crippen molar-refractivity contribution in [2.45, 2.75) is 50.2 Å². The number of carbonyl (C=O) groups is 1. The van der Waals surface area contributed by atoms with Gasteiger partial charge >= 0.3 is 0 Å². The number of carbonyl (C=O) groups excluding carboxylic acids is 1. The molecule has 1 saturated heterocycles. The standard InChI is InChI=1S/C26H28ClFN4O3/c1-32-12-4-7-23(33)26(32)10-8-16(9-11-26)35-22-13-17-20(14-21(22)34-2)29-15-30-25(17)31-19-6-3-5-18(27)24(19)28/h3,5-6,13-16H,4,7-12H2,1-2H3,(H,29,30,31). The van der Waals surface area contributed by atoms with Crippen molar-refractivity contribution in [1.29, 1.82) is 0 Å². The molecule has 35 heavy (non-hydrogen) atoms. The van der Waals surface area contributed by atoms with Crippen molar-refractivity contribution in [3.8, 4) is 11.5 Å². The lowest BCUT2D eigenvalue weighted by atomic mass is 9.73. The molecular weight excluding hydrogens is 471 g/mol. The van der Waals surface area contributed by atoms with Crippen LogP contribution in [0.4, 0.5) is 15.9 Å². The predicted molar refractivity (Wildman–Crippen MR) is 133 cm³/mol. The van der Waals surface area contributed by atoms with Gasteiger partial charge in [-0.3, -0.25) is 9.69 Å². The van der Waals surface area contributed by atoms with Crippen LogP contribution in [0.15, 0.2) is 36.7 Å². The monoisotopic (exact) mass is 498 g/mol. The summed E-state index contributed by atoms with van der Waals surface area (Å²) in [5.41, 5.74) is 0.498. The zero-order valence-corrected chi connectivity index (χ0v) is 20.6. The van der Waals surface area contributed by atoms with Gasteiger partial charge in [0.1, 0.15) is 12.1 Å². The fourth-order valence-corrected chi connectivity index (χ4v) is 5.48. The molecule has 184 valence electrons. The van der Waals surface area contributed by atoms with Crippen LogP contribution in [0.1, 0.15) is 38.5 Å². The number of rotatable bonds is 5. The largest absolute Gasteiger partial charge is 0.493 e. The van der Waals surface area contributed by atoms with Crippen LogP contribution in [0, 0.1) is 5.82 Å². The van der Waals surface area contributed by atoms with Crippen molar-refractivity contribution in [1.82, 2.24) is 14.9 Å². The van der Waals surface area contributed by atoms with Gasteiger partial charge in [-0.05, 0) is 63.9 Å². The van der Waals surface area contributed by atoms with Gasteiger partial charge in [-0.15, -0.1) is 0 Å². The molecule has 1 aromatic heterocycles. The Hall–Kier alpha value is -2.97. The molecule has 7 nitrogen and oxygen atoms in total. The van der Waals surface area contributed by atoms with Crippen LogP contribution >= 0.6 is 11.6 Å². The quantitative estimate of drug-likeness (QED) is 0.495. The highest BCUT2D eigenvalue weighted by atomic mass is 35.5. The second-order valence-electron chi connectivity index (χ2n) is 9.27. The van der Waals surface area contributed by atoms with Gasteiger partial charge < -0.3 is 14.8 Å². The Morgan fingerprint density at radius 2 is 2.00 bits per heavy atom. The van der Waals surface area contributed by atoms with E-state index in [-0.39, 0.29) is 22.4 Å². The van der Waals surface area contributed by atoms with Crippen molar-refractivity contribution >= 4 is 39.8 Å². The number of hydrogen-bond acceptors (Lipinski definition) is 7. The molecular formula is C26H28ClFN4O3. The molecule has 1 aliphatic heterocycles. The van der Waals surface area contributed by atoms with Gasteiger partial charge in [-0.1, -0.05) is 17.7 Å². The molecule has 0 unspecified atom stereocenters. The third-order valence-electron chi connectivity index (χ3n) is 7.33. The second-order valence-corrected chi connectivity index (χ2v) is 9.67. The molecule has 5 rings (SSSR count). The van der Waals surface area contributed by atoms with Crippen LogP contribution < -0.4 is 14.8 Å². The Kier molecular flexibility index (Phi) is 6.51. The van der Waals surface area contributed by atoms with Crippen LogP contribution in [-0.2, 0) is 4.79 Å². The molecule has 0 radical (unpaired) electrons. The topological polar surface area (TPSA) is 76.6 Å². The second kappa shape index (κ2) is 9.59. The number of nitrogens with one attached hydrogen (secondary N) is 1. The van der Waals surface area contributed by atoms with Crippen LogP contribution in [0.5, 0.6) is 11.5 Å². The van der Waals surface area contributed by atoms with Crippen molar-refractivity contribution in [2.75, 3.05) is 26.0 Å². The van der Waals surface area contributed by atoms with Crippen LogP contribution in [0.2, 0.25) is 5.02 Å². The number of benzene rings is 2. The number of ketones is 1. The SMILES string of the molecule is COc1cc2ncnc(Nc3cccc(Cl)c3F)c2cc1OC1CCC2(CC1)C(=O)CCCN2C. The third-order valence-corrected chi connectivity index (χ3v) is 7.62. The average molecular weight is 499 g/mol. The highest BCUT2D eigenvalue weighted by Crippen LogP contribution is 2.41. The minimum Gasteiger partial charge on any atom is -0.493 e. The number of likely N-dealkylation sites (N-methyl/N-ethyl adjacent to an activating group) is 1. The highest BCUT2D eigenvalue weighted by Gasteiger charge is 2.46. The number of piperidine rings is 1. The molecule has 2 fully saturated rings. The number of methoxy groups -OCH3 is 1. The summed E-state index contributed by atoms with van der Waals surface area (Å²) in [4.78, 5) is 23.7. The van der Waals surface area contributed by atoms with E-state index < -0.39 is 5.82 Å². The summed E-state index contributed by atoms with van der Waals surface area (Å²) in [7, 11) is 3.64. The Bertz CT molecular complexity index is 1260. The third kappa shape index (κ3) is 4.41. The molecule has 0 amide bonds. The fourth-order valence-electron chi connectivity index (χ4n) is 5.31. The summed E-state index contributed by atoms with van der Waals surface area (Å²) in [6.45, 7) is 0.957. The van der Waals surface area contributed by atoms with E-state index in [0.717, 1.165) is 38.6 Å². The molecule has 3 aromatic rings. The lowest BCUT2D eigenvalue weighted by Crippen LogP contribution is -2.58. The smallest absolute Gasteiger partial charge is 0.165 e. The Labute approximate surface area is 208 Å². The lowest BCUT2D eigenvalue weighted by Gasteiger charge is -2.47. The van der Waals surface area contributed by atoms with Crippen molar-refractivity contribution in [2.24, 2.45) is 0 Å². The summed E-state index contributed by atoms with van der Waals surface area (Å²) < 4.78 is 26.5. The molecule has 1 saturated carbocycles. The number of anilines is 2. The lowest BCUT2D eigenvalue weighted by molar-refractivity contribution is -0.137. The van der Waals surface area contributed by atoms with E-state index in [4.69, 9.17) is 21.1 Å². The number of fused-ring (bicyclic) bond motifs is 1. The van der Waals surface area contributed by atoms with Gasteiger partial charge in [-0.2, -0.15) is 0 Å². The number of hydrogen-bond donors (Lipinski definition) is 1. The number of Topliss-reactive ketones (excluding diaryl/α,β-unsaturated/α-hetero) is 1. The minimum atomic E-state index is -0.552. The molecule has 0 atom stereocenters. The first kappa shape index (κ1) is 23.8. The van der Waals surface area contributed by atoms with Gasteiger partial charge in [0.25, 0.3) is 0 Å². The molecule has 1 N–H and O–H groups in total. The van der Waals surface area contributed by atoms with Gasteiger partial charge in [0.05, 0.1) is 35.0 Å². The van der Waals surface area contributed by atoms with E-state index in [1.807, 2.05) is 6.07 Å². The van der Waals surface area contributed by atoms with Gasteiger partial charge in [-0.25, -0.2) is 14.4 Å². The van der Waals surface area contributed by atoms with E-state index >= 15 is 0 Å². The van der Waals surface area contributed by atoms with Gasteiger partial charge in [0.15, 0.2) is 23.1 Å². The van der Waals surface area contributed by atoms with Gasteiger partial charge in [0, 0.05) is 17.9 Å². The molecule has 2 aliphatic rings. The molecule has 2 aromatic carbocycles. The summed E-state index contributed by atoms with van der Waals surface area (Å²) >= 11 is 5.94. The van der Waals surface area contributed by atoms with Crippen LogP contribution in [0.25, 0.3) is 10.9 Å². The zero-order chi connectivity index (χ0) is 24.6. The summed E-state index contributed by atoms with van der Waals surface area (Å²) in [5, 5.41) is 3.71. The van der Waals surface area contributed by atoms with E-state index in [1.165, 1.54) is 12.4 Å². The number of halogens is 2. The van der Waals surface area contributed by atoms with E-state index in [9.17, 15) is 9.18 Å². The summed E-state index contributed by atoms with van der Waals surface area (Å²) in [5.74, 6) is 1.36. The first-order valence-corrected chi connectivity index (χ1v) is 12.2. The Morgan fingerprint density at radius 1 is 1.20 bits per heavy atom. The maximum atomic E-state index is 14.5. The molecule has 2 heterocycles. The molecule has 1 aliphatic carbocycles. The number of nitrogens with zero attached hydrogens (tertiary/aromatic N) is 3. The number of likely N-dealkylation sites (tertiary alicyclic amines) is 1. The van der Waals surface area contributed by atoms with Crippen LogP contribution in [0.3, 0.4) is 0 Å². The fraction of sp³-hybridized carbons (Fsp3) is 0.423. The Morgan fingerprint density at radius 3 is 2.74 bits per heavy atom. The van der Waals surface area contributed by atoms with E-state index in [1.54, 1.807) is 25.3 Å². The minimum absolute atomic E-state index is 0.0243. The van der Waals surface area contributed by atoms with E-state index in [0.29, 0.717) is 40.4 Å². The predicted octanol–water partition coefficient (Wildman–Crippen LogP) is 5.53. The number of aromatic nitrogens is 2. The Balaban J connectivity index is 1.41. The normalized spacial score (nSPS) is 23.0. The first-order chi connectivity index (χ1) is 16.9. The maximum Gasteiger partial charge on any atom is 0.165 e. The molecule has 1 spiro atoms. The molecule has 9 heteroatoms. The van der Waals surface area contributed by atoms with Crippen molar-refractivity contribution < 1.29 is 18.7 Å². The van der Waals surface area contributed by atoms with Gasteiger partial charge in [0.2, 0.25) is 0 Å². The van der Waals surface area contributed by atoms with Crippen molar-refractivity contribution in [3.05, 3.63) is 47.5 Å². The summed E-state index contributed by atoms with van der Waals surface area (Å²) in [6.07, 6.45) is 6.09. The summed E-state index contributed by atoms with van der Waals surface area (Å²) in [6, 6.07) is 8.36. The number of ether oxygens (including phenoxy) is 2. The maximum absolute atomic E-state index is 14.5.